The predicted octanol–water partition coefficient (Wildman–Crippen LogP) is 4.84. The molecule has 5 nitrogen and oxygen atoms in total. The van der Waals surface area contributed by atoms with E-state index in [1.165, 1.54) is 6.42 Å². The molecule has 1 atom stereocenters. The third kappa shape index (κ3) is 3.75. The van der Waals surface area contributed by atoms with Crippen molar-refractivity contribution in [1.29, 1.82) is 0 Å². The molecule has 4 rings (SSSR count). The standard InChI is InChI=1S/C23H26N2O3/c1-2-8-19(17-12-13-20-21(15-17)28-16-27-20)23(26)25(18-9-4-3-5-10-18)22-11-6-7-14-24-22/h2,6-8,11-15,18-19H,3-5,9-10,16H2,1H3/b8-2-. The van der Waals surface area contributed by atoms with Crippen molar-refractivity contribution in [2.45, 2.75) is 51.0 Å². The molecule has 1 amide bonds. The number of benzene rings is 1. The van der Waals surface area contributed by atoms with Crippen molar-refractivity contribution in [3.05, 3.63) is 60.3 Å². The minimum absolute atomic E-state index is 0.0579. The molecule has 2 aromatic rings. The van der Waals surface area contributed by atoms with Crippen LogP contribution in [0.3, 0.4) is 0 Å². The van der Waals surface area contributed by atoms with E-state index in [1.807, 2.05) is 60.4 Å². The van der Waals surface area contributed by atoms with Gasteiger partial charge in [0.2, 0.25) is 12.7 Å². The van der Waals surface area contributed by atoms with E-state index in [-0.39, 0.29) is 24.7 Å². The average molecular weight is 378 g/mol. The van der Waals surface area contributed by atoms with E-state index >= 15 is 0 Å². The zero-order chi connectivity index (χ0) is 19.3. The predicted molar refractivity (Wildman–Crippen MR) is 109 cm³/mol. The fraction of sp³-hybridized carbons (Fsp3) is 0.391. The first kappa shape index (κ1) is 18.5. The largest absolute Gasteiger partial charge is 0.454 e. The van der Waals surface area contributed by atoms with Gasteiger partial charge in [-0.05, 0) is 49.6 Å². The number of rotatable bonds is 5. The molecule has 1 aliphatic carbocycles. The molecule has 0 bridgehead atoms. The van der Waals surface area contributed by atoms with Crippen molar-refractivity contribution >= 4 is 11.7 Å². The molecule has 1 aliphatic heterocycles. The number of fused-ring (bicyclic) bond motifs is 1. The van der Waals surface area contributed by atoms with Crippen LogP contribution in [0, 0.1) is 0 Å². The number of carbonyl (C=O) groups excluding carboxylic acids is 1. The van der Waals surface area contributed by atoms with Crippen molar-refractivity contribution in [3.8, 4) is 11.5 Å². The first-order chi connectivity index (χ1) is 13.8. The van der Waals surface area contributed by atoms with Gasteiger partial charge in [0.05, 0.1) is 5.92 Å². The molecule has 0 radical (unpaired) electrons. The monoisotopic (exact) mass is 378 g/mol. The van der Waals surface area contributed by atoms with Crippen molar-refractivity contribution in [2.24, 2.45) is 0 Å². The van der Waals surface area contributed by atoms with Gasteiger partial charge in [-0.1, -0.05) is 43.5 Å². The Kier molecular flexibility index (Phi) is 5.60. The maximum absolute atomic E-state index is 13.8. The SMILES string of the molecule is C/C=C\C(C(=O)N(c1ccccn1)C1CCCCC1)c1ccc2c(c1)OCO2. The summed E-state index contributed by atoms with van der Waals surface area (Å²) in [7, 11) is 0. The molecule has 1 fully saturated rings. The third-order valence-corrected chi connectivity index (χ3v) is 5.48. The molecule has 0 spiro atoms. The Balaban J connectivity index is 1.70. The van der Waals surface area contributed by atoms with Crippen LogP contribution in [0.15, 0.2) is 54.7 Å². The lowest BCUT2D eigenvalue weighted by Gasteiger charge is -2.35. The molecule has 28 heavy (non-hydrogen) atoms. The summed E-state index contributed by atoms with van der Waals surface area (Å²) >= 11 is 0. The number of carbonyl (C=O) groups is 1. The van der Waals surface area contributed by atoms with Crippen LogP contribution < -0.4 is 14.4 Å². The summed E-state index contributed by atoms with van der Waals surface area (Å²) in [4.78, 5) is 20.2. The van der Waals surface area contributed by atoms with Gasteiger partial charge in [0.15, 0.2) is 11.5 Å². The van der Waals surface area contributed by atoms with Crippen LogP contribution in [0.5, 0.6) is 11.5 Å². The summed E-state index contributed by atoms with van der Waals surface area (Å²) in [6.45, 7) is 2.17. The molecule has 1 saturated carbocycles. The molecule has 1 aromatic carbocycles. The zero-order valence-electron chi connectivity index (χ0n) is 16.2. The normalized spacial score (nSPS) is 17.6. The van der Waals surface area contributed by atoms with Gasteiger partial charge in [0.25, 0.3) is 0 Å². The van der Waals surface area contributed by atoms with Gasteiger partial charge in [-0.25, -0.2) is 4.98 Å². The van der Waals surface area contributed by atoms with Crippen molar-refractivity contribution in [1.82, 2.24) is 4.98 Å². The van der Waals surface area contributed by atoms with Gasteiger partial charge in [-0.3, -0.25) is 9.69 Å². The fourth-order valence-electron chi connectivity index (χ4n) is 4.10. The summed E-state index contributed by atoms with van der Waals surface area (Å²) < 4.78 is 10.9. The highest BCUT2D eigenvalue weighted by Crippen LogP contribution is 2.37. The highest BCUT2D eigenvalue weighted by molar-refractivity contribution is 5.99. The van der Waals surface area contributed by atoms with Crippen molar-refractivity contribution in [3.63, 3.8) is 0 Å². The van der Waals surface area contributed by atoms with Gasteiger partial charge >= 0.3 is 0 Å². The second-order valence-electron chi connectivity index (χ2n) is 7.30. The van der Waals surface area contributed by atoms with Crippen molar-refractivity contribution < 1.29 is 14.3 Å². The van der Waals surface area contributed by atoms with E-state index in [2.05, 4.69) is 4.98 Å². The lowest BCUT2D eigenvalue weighted by Crippen LogP contribution is -2.44. The van der Waals surface area contributed by atoms with Gasteiger partial charge in [-0.2, -0.15) is 0 Å². The van der Waals surface area contributed by atoms with Gasteiger partial charge < -0.3 is 9.47 Å². The Hall–Kier alpha value is -2.82. The van der Waals surface area contributed by atoms with E-state index in [0.29, 0.717) is 5.75 Å². The van der Waals surface area contributed by atoms with Crippen LogP contribution in [0.25, 0.3) is 0 Å². The first-order valence-electron chi connectivity index (χ1n) is 10.0. The molecular weight excluding hydrogens is 352 g/mol. The highest BCUT2D eigenvalue weighted by atomic mass is 16.7. The molecule has 146 valence electrons. The second kappa shape index (κ2) is 8.46. The molecule has 0 saturated heterocycles. The van der Waals surface area contributed by atoms with Gasteiger partial charge in [0.1, 0.15) is 5.82 Å². The van der Waals surface area contributed by atoms with E-state index in [0.717, 1.165) is 42.8 Å². The Morgan fingerprint density at radius 2 is 1.96 bits per heavy atom. The number of anilines is 1. The maximum atomic E-state index is 13.8. The summed E-state index contributed by atoms with van der Waals surface area (Å²) in [6.07, 6.45) is 11.2. The number of allylic oxidation sites excluding steroid dienone is 1. The van der Waals surface area contributed by atoms with Crippen molar-refractivity contribution in [2.75, 3.05) is 11.7 Å². The van der Waals surface area contributed by atoms with E-state index < -0.39 is 0 Å². The maximum Gasteiger partial charge on any atom is 0.239 e. The zero-order valence-corrected chi connectivity index (χ0v) is 16.2. The van der Waals surface area contributed by atoms with Crippen LogP contribution in [0.2, 0.25) is 0 Å². The minimum Gasteiger partial charge on any atom is -0.454 e. The third-order valence-electron chi connectivity index (χ3n) is 5.48. The van der Waals surface area contributed by atoms with E-state index in [9.17, 15) is 4.79 Å². The van der Waals surface area contributed by atoms with Crippen LogP contribution in [0.4, 0.5) is 5.82 Å². The summed E-state index contributed by atoms with van der Waals surface area (Å²) in [5, 5.41) is 0. The Morgan fingerprint density at radius 1 is 1.14 bits per heavy atom. The Morgan fingerprint density at radius 3 is 2.71 bits per heavy atom. The molecular formula is C23H26N2O3. The van der Waals surface area contributed by atoms with Crippen LogP contribution in [-0.2, 0) is 4.79 Å². The summed E-state index contributed by atoms with van der Waals surface area (Å²) in [6, 6.07) is 11.7. The molecule has 2 aliphatic rings. The van der Waals surface area contributed by atoms with E-state index in [1.54, 1.807) is 6.20 Å². The summed E-state index contributed by atoms with van der Waals surface area (Å²) in [5.74, 6) is 1.83. The molecule has 2 heterocycles. The number of hydrogen-bond donors (Lipinski definition) is 0. The second-order valence-corrected chi connectivity index (χ2v) is 7.30. The number of nitrogens with zero attached hydrogens (tertiary/aromatic N) is 2. The number of hydrogen-bond acceptors (Lipinski definition) is 4. The topological polar surface area (TPSA) is 51.7 Å². The number of pyridine rings is 1. The van der Waals surface area contributed by atoms with Gasteiger partial charge in [0, 0.05) is 12.2 Å². The van der Waals surface area contributed by atoms with Gasteiger partial charge in [-0.15, -0.1) is 0 Å². The Labute approximate surface area is 166 Å². The molecule has 1 aromatic heterocycles. The van der Waals surface area contributed by atoms with Crippen LogP contribution in [0.1, 0.15) is 50.5 Å². The molecule has 1 unspecified atom stereocenters. The fourth-order valence-corrected chi connectivity index (χ4v) is 4.10. The molecule has 0 N–H and O–H groups in total. The van der Waals surface area contributed by atoms with E-state index in [4.69, 9.17) is 9.47 Å². The summed E-state index contributed by atoms with van der Waals surface area (Å²) in [5.41, 5.74) is 0.907. The number of aromatic nitrogens is 1. The Bertz CT molecular complexity index is 844. The lowest BCUT2D eigenvalue weighted by molar-refractivity contribution is -0.119. The highest BCUT2D eigenvalue weighted by Gasteiger charge is 2.32. The number of amides is 1. The smallest absolute Gasteiger partial charge is 0.239 e. The molecule has 5 heteroatoms. The lowest BCUT2D eigenvalue weighted by atomic mass is 9.91. The van der Waals surface area contributed by atoms with Crippen LogP contribution >= 0.6 is 0 Å². The first-order valence-corrected chi connectivity index (χ1v) is 10.0. The minimum atomic E-state index is -0.386. The van der Waals surface area contributed by atoms with Crippen LogP contribution in [-0.4, -0.2) is 23.7 Å². The number of ether oxygens (including phenoxy) is 2. The quantitative estimate of drug-likeness (QED) is 0.699. The average Bonchev–Trinajstić information content (AvgIpc) is 3.21.